The summed E-state index contributed by atoms with van der Waals surface area (Å²) in [5.74, 6) is -0.331. The first-order chi connectivity index (χ1) is 13.3. The van der Waals surface area contributed by atoms with Crippen LogP contribution in [0.1, 0.15) is 25.8 Å². The lowest BCUT2D eigenvalue weighted by Crippen LogP contribution is -2.03. The van der Waals surface area contributed by atoms with Crippen LogP contribution in [0.2, 0.25) is 0 Å². The third kappa shape index (κ3) is 4.48. The summed E-state index contributed by atoms with van der Waals surface area (Å²) in [7, 11) is 0. The summed E-state index contributed by atoms with van der Waals surface area (Å²) in [6, 6.07) is 21.9. The van der Waals surface area contributed by atoms with E-state index < -0.39 is 0 Å². The molecule has 0 amide bonds. The van der Waals surface area contributed by atoms with Gasteiger partial charge in [0.25, 0.3) is 0 Å². The molecule has 0 saturated carbocycles. The van der Waals surface area contributed by atoms with Crippen molar-refractivity contribution in [1.82, 2.24) is 10.2 Å². The van der Waals surface area contributed by atoms with Crippen LogP contribution in [-0.2, 0) is 17.8 Å². The van der Waals surface area contributed by atoms with Gasteiger partial charge < -0.3 is 4.74 Å². The first kappa shape index (κ1) is 17.6. The second-order valence-electron chi connectivity index (χ2n) is 5.91. The van der Waals surface area contributed by atoms with E-state index in [1.807, 2.05) is 60.0 Å². The molecule has 27 heavy (non-hydrogen) atoms. The first-order valence-corrected chi connectivity index (χ1v) is 10.1. The highest BCUT2D eigenvalue weighted by atomic mass is 32.1. The highest BCUT2D eigenvalue weighted by Gasteiger charge is 2.13. The van der Waals surface area contributed by atoms with Crippen molar-refractivity contribution >= 4 is 28.6 Å². The molecular formula is C21H16N2O2S2. The molecule has 0 fully saturated rings. The molecule has 0 aliphatic carbocycles. The van der Waals surface area contributed by atoms with Crippen molar-refractivity contribution in [2.24, 2.45) is 0 Å². The molecule has 0 unspecified atom stereocenters. The van der Waals surface area contributed by atoms with Gasteiger partial charge in [-0.2, -0.15) is 0 Å². The molecule has 0 N–H and O–H groups in total. The summed E-state index contributed by atoms with van der Waals surface area (Å²) in [6.45, 7) is 0.132. The van der Waals surface area contributed by atoms with Gasteiger partial charge >= 0.3 is 5.97 Å². The topological polar surface area (TPSA) is 52.1 Å². The number of benzene rings is 2. The van der Waals surface area contributed by atoms with E-state index in [4.69, 9.17) is 4.74 Å². The van der Waals surface area contributed by atoms with Gasteiger partial charge in [0.1, 0.15) is 11.6 Å². The predicted octanol–water partition coefficient (Wildman–Crippen LogP) is 5.21. The monoisotopic (exact) mass is 392 g/mol. The molecule has 4 rings (SSSR count). The minimum absolute atomic E-state index is 0.132. The molecule has 0 bridgehead atoms. The van der Waals surface area contributed by atoms with E-state index >= 15 is 0 Å². The molecule has 0 spiro atoms. The van der Waals surface area contributed by atoms with Crippen molar-refractivity contribution in [2.75, 3.05) is 0 Å². The lowest BCUT2D eigenvalue weighted by atomic mass is 10.1. The number of ether oxygens (including phenoxy) is 1. The summed E-state index contributed by atoms with van der Waals surface area (Å²) >= 11 is 3.00. The molecule has 2 heterocycles. The third-order valence-corrected chi connectivity index (χ3v) is 5.81. The Kier molecular flexibility index (Phi) is 5.37. The van der Waals surface area contributed by atoms with E-state index in [0.717, 1.165) is 21.9 Å². The maximum atomic E-state index is 12.3. The van der Waals surface area contributed by atoms with Crippen LogP contribution in [0.4, 0.5) is 0 Å². The molecule has 4 aromatic rings. The number of nitrogens with zero attached hydrogens (tertiary/aromatic N) is 2. The SMILES string of the molecule is O=C(OCc1nnc(-c2ccccc2)s1)c1csc(Cc2ccccc2)c1. The Balaban J connectivity index is 1.35. The Morgan fingerprint density at radius 2 is 1.70 bits per heavy atom. The van der Waals surface area contributed by atoms with Crippen molar-refractivity contribution in [3.63, 3.8) is 0 Å². The Hall–Kier alpha value is -2.83. The molecule has 4 nitrogen and oxygen atoms in total. The molecule has 0 atom stereocenters. The molecule has 134 valence electrons. The van der Waals surface area contributed by atoms with E-state index in [2.05, 4.69) is 22.3 Å². The fourth-order valence-electron chi connectivity index (χ4n) is 2.60. The van der Waals surface area contributed by atoms with E-state index in [9.17, 15) is 4.79 Å². The first-order valence-electron chi connectivity index (χ1n) is 8.44. The van der Waals surface area contributed by atoms with Gasteiger partial charge in [-0.25, -0.2) is 4.79 Å². The maximum absolute atomic E-state index is 12.3. The number of hydrogen-bond donors (Lipinski definition) is 0. The zero-order valence-electron chi connectivity index (χ0n) is 14.4. The Morgan fingerprint density at radius 3 is 2.48 bits per heavy atom. The second-order valence-corrected chi connectivity index (χ2v) is 7.97. The van der Waals surface area contributed by atoms with E-state index in [1.165, 1.54) is 16.9 Å². The van der Waals surface area contributed by atoms with E-state index in [-0.39, 0.29) is 12.6 Å². The van der Waals surface area contributed by atoms with Gasteiger partial charge in [-0.3, -0.25) is 0 Å². The van der Waals surface area contributed by atoms with Crippen molar-refractivity contribution in [3.8, 4) is 10.6 Å². The van der Waals surface area contributed by atoms with Gasteiger partial charge in [-0.05, 0) is 11.6 Å². The third-order valence-electron chi connectivity index (χ3n) is 3.92. The summed E-state index contributed by atoms with van der Waals surface area (Å²) in [6.07, 6.45) is 0.815. The predicted molar refractivity (Wildman–Crippen MR) is 108 cm³/mol. The smallest absolute Gasteiger partial charge is 0.339 e. The molecule has 0 saturated heterocycles. The number of carbonyl (C=O) groups is 1. The van der Waals surface area contributed by atoms with Gasteiger partial charge in [0.05, 0.1) is 5.56 Å². The van der Waals surface area contributed by atoms with Crippen LogP contribution in [0, 0.1) is 0 Å². The largest absolute Gasteiger partial charge is 0.455 e. The van der Waals surface area contributed by atoms with E-state index in [0.29, 0.717) is 10.6 Å². The molecular weight excluding hydrogens is 376 g/mol. The van der Waals surface area contributed by atoms with Crippen LogP contribution in [0.3, 0.4) is 0 Å². The fourth-order valence-corrected chi connectivity index (χ4v) is 4.24. The van der Waals surface area contributed by atoms with Crippen molar-refractivity contribution < 1.29 is 9.53 Å². The van der Waals surface area contributed by atoms with Crippen LogP contribution < -0.4 is 0 Å². The van der Waals surface area contributed by atoms with Gasteiger partial charge in [-0.1, -0.05) is 72.0 Å². The number of hydrogen-bond acceptors (Lipinski definition) is 6. The normalized spacial score (nSPS) is 10.7. The van der Waals surface area contributed by atoms with Crippen molar-refractivity contribution in [3.05, 3.63) is 93.1 Å². The Labute approximate surface area is 165 Å². The summed E-state index contributed by atoms with van der Waals surface area (Å²) < 4.78 is 5.40. The zero-order chi connectivity index (χ0) is 18.5. The summed E-state index contributed by atoms with van der Waals surface area (Å²) in [5.41, 5.74) is 2.82. The van der Waals surface area contributed by atoms with Crippen molar-refractivity contribution in [2.45, 2.75) is 13.0 Å². The summed E-state index contributed by atoms with van der Waals surface area (Å²) in [4.78, 5) is 13.4. The lowest BCUT2D eigenvalue weighted by Gasteiger charge is -2.00. The molecule has 2 aromatic heterocycles. The van der Waals surface area contributed by atoms with Crippen LogP contribution in [-0.4, -0.2) is 16.2 Å². The zero-order valence-corrected chi connectivity index (χ0v) is 16.0. The number of aromatic nitrogens is 2. The average Bonchev–Trinajstić information content (AvgIpc) is 3.37. The minimum atomic E-state index is -0.331. The molecule has 2 aromatic carbocycles. The van der Waals surface area contributed by atoms with Crippen LogP contribution in [0.15, 0.2) is 72.1 Å². The highest BCUT2D eigenvalue weighted by Crippen LogP contribution is 2.24. The molecule has 6 heteroatoms. The highest BCUT2D eigenvalue weighted by molar-refractivity contribution is 7.14. The van der Waals surface area contributed by atoms with Gasteiger partial charge in [0, 0.05) is 22.2 Å². The average molecular weight is 393 g/mol. The molecule has 0 aliphatic rings. The van der Waals surface area contributed by atoms with Gasteiger partial charge in [0.2, 0.25) is 0 Å². The minimum Gasteiger partial charge on any atom is -0.455 e. The molecule has 0 aliphatic heterocycles. The lowest BCUT2D eigenvalue weighted by molar-refractivity contribution is 0.0472. The van der Waals surface area contributed by atoms with Gasteiger partial charge in [-0.15, -0.1) is 21.5 Å². The molecule has 0 radical (unpaired) electrons. The second kappa shape index (κ2) is 8.24. The standard InChI is InChI=1S/C21H16N2O2S2/c24-21(17-12-18(26-14-17)11-15-7-3-1-4-8-15)25-13-19-22-23-20(27-19)16-9-5-2-6-10-16/h1-10,12,14H,11,13H2. The quantitative estimate of drug-likeness (QED) is 0.423. The van der Waals surface area contributed by atoms with Crippen LogP contribution in [0.25, 0.3) is 10.6 Å². The Bertz CT molecular complexity index is 1030. The summed E-state index contributed by atoms with van der Waals surface area (Å²) in [5, 5.41) is 11.6. The number of esters is 1. The number of rotatable bonds is 6. The van der Waals surface area contributed by atoms with Crippen LogP contribution >= 0.6 is 22.7 Å². The maximum Gasteiger partial charge on any atom is 0.339 e. The van der Waals surface area contributed by atoms with Crippen molar-refractivity contribution in [1.29, 1.82) is 0 Å². The number of carbonyl (C=O) groups excluding carboxylic acids is 1. The van der Waals surface area contributed by atoms with Crippen LogP contribution in [0.5, 0.6) is 0 Å². The van der Waals surface area contributed by atoms with E-state index in [1.54, 1.807) is 11.3 Å². The Morgan fingerprint density at radius 1 is 0.963 bits per heavy atom. The van der Waals surface area contributed by atoms with Gasteiger partial charge in [0.15, 0.2) is 5.01 Å². The fraction of sp³-hybridized carbons (Fsp3) is 0.0952. The number of thiophene rings is 1.